The summed E-state index contributed by atoms with van der Waals surface area (Å²) >= 11 is 1.52. The monoisotopic (exact) mass is 589 g/mol. The van der Waals surface area contributed by atoms with Crippen LogP contribution < -0.4 is 27.0 Å². The van der Waals surface area contributed by atoms with E-state index < -0.39 is 59.5 Å². The molecule has 1 aliphatic rings. The predicted molar refractivity (Wildman–Crippen MR) is 159 cm³/mol. The molecule has 1 aromatic rings. The first-order chi connectivity index (χ1) is 19.4. The van der Waals surface area contributed by atoms with E-state index in [1.807, 2.05) is 48.7 Å². The number of nitrogens with two attached hydrogens (primary N) is 1. The minimum atomic E-state index is -1.02. The van der Waals surface area contributed by atoms with E-state index in [9.17, 15) is 24.0 Å². The largest absolute Gasteiger partial charge is 0.444 e. The highest BCUT2D eigenvalue weighted by Gasteiger charge is 2.31. The second-order valence-corrected chi connectivity index (χ2v) is 11.9. The maximum Gasteiger partial charge on any atom is 0.408 e. The number of hydrogen-bond donors (Lipinski definition) is 5. The van der Waals surface area contributed by atoms with Crippen LogP contribution in [0.3, 0.4) is 0 Å². The number of ether oxygens (including phenoxy) is 1. The standard InChI is InChI=1S/C29H43N5O6S/c1-29(2,3)40-28(39)34-23(18-19-12-8-7-9-13-19)27(38)33-22-15-11-6-5-10-14-21(32-26(22)37)25(36)31-20(24(30)35)16-17-41-4/h5-9,12-13,20-23H,10-11,14-18H2,1-4H3,(H2,30,35)(H,31,36)(H,32,37)(H,33,38)(H,34,39)/b6-5+/t20?,21-,22-,23-/m0/s1. The quantitative estimate of drug-likeness (QED) is 0.246. The Kier molecular flexibility index (Phi) is 13.7. The van der Waals surface area contributed by atoms with Crippen LogP contribution in [0.25, 0.3) is 0 Å². The van der Waals surface area contributed by atoms with Crippen molar-refractivity contribution in [1.29, 1.82) is 0 Å². The number of carbonyl (C=O) groups excluding carboxylic acids is 5. The molecule has 0 bridgehead atoms. The van der Waals surface area contributed by atoms with Crippen molar-refractivity contribution < 1.29 is 28.7 Å². The molecule has 6 N–H and O–H groups in total. The SMILES string of the molecule is CSCCC(NC(=O)[C@@H]1CC/C=C/CC[C@H](NC(=O)[C@H](Cc2ccccc2)NC(=O)OC(C)(C)C)C(=O)N1)C(N)=O. The van der Waals surface area contributed by atoms with Crippen LogP contribution in [-0.4, -0.2) is 71.5 Å². The fraction of sp³-hybridized carbons (Fsp3) is 0.552. The lowest BCUT2D eigenvalue weighted by atomic mass is 10.0. The Bertz CT molecular complexity index is 1080. The van der Waals surface area contributed by atoms with Crippen molar-refractivity contribution in [2.75, 3.05) is 12.0 Å². The molecule has 0 aromatic heterocycles. The van der Waals surface area contributed by atoms with Gasteiger partial charge in [-0.1, -0.05) is 42.5 Å². The van der Waals surface area contributed by atoms with Gasteiger partial charge in [-0.05, 0) is 70.4 Å². The second-order valence-electron chi connectivity index (χ2n) is 10.9. The van der Waals surface area contributed by atoms with Crippen LogP contribution in [0.15, 0.2) is 42.5 Å². The fourth-order valence-corrected chi connectivity index (χ4v) is 4.62. The molecule has 1 aliphatic heterocycles. The van der Waals surface area contributed by atoms with Crippen molar-refractivity contribution in [1.82, 2.24) is 21.3 Å². The summed E-state index contributed by atoms with van der Waals surface area (Å²) in [6.45, 7) is 5.16. The van der Waals surface area contributed by atoms with Gasteiger partial charge < -0.3 is 31.7 Å². The molecule has 11 nitrogen and oxygen atoms in total. The van der Waals surface area contributed by atoms with Gasteiger partial charge in [-0.15, -0.1) is 0 Å². The number of rotatable bonds is 11. The van der Waals surface area contributed by atoms with E-state index >= 15 is 0 Å². The number of carbonyl (C=O) groups is 5. The average molecular weight is 590 g/mol. The summed E-state index contributed by atoms with van der Waals surface area (Å²) in [6.07, 6.45) is 7.14. The zero-order valence-corrected chi connectivity index (χ0v) is 25.1. The van der Waals surface area contributed by atoms with E-state index in [0.29, 0.717) is 31.4 Å². The van der Waals surface area contributed by atoms with Crippen LogP contribution in [0.5, 0.6) is 0 Å². The first kappa shape index (κ1) is 33.7. The van der Waals surface area contributed by atoms with Gasteiger partial charge in [0.25, 0.3) is 0 Å². The highest BCUT2D eigenvalue weighted by Crippen LogP contribution is 2.12. The molecular weight excluding hydrogens is 546 g/mol. The second kappa shape index (κ2) is 16.7. The molecule has 2 rings (SSSR count). The number of amides is 5. The first-order valence-electron chi connectivity index (χ1n) is 13.8. The third-order valence-electron chi connectivity index (χ3n) is 6.24. The predicted octanol–water partition coefficient (Wildman–Crippen LogP) is 1.95. The van der Waals surface area contributed by atoms with Crippen LogP contribution in [-0.2, 0) is 30.3 Å². The summed E-state index contributed by atoms with van der Waals surface area (Å²) in [5.74, 6) is -1.64. The van der Waals surface area contributed by atoms with Gasteiger partial charge in [-0.3, -0.25) is 19.2 Å². The van der Waals surface area contributed by atoms with Crippen molar-refractivity contribution in [3.8, 4) is 0 Å². The minimum Gasteiger partial charge on any atom is -0.444 e. The summed E-state index contributed by atoms with van der Waals surface area (Å²) in [4.78, 5) is 64.2. The Morgan fingerprint density at radius 2 is 1.71 bits per heavy atom. The molecule has 0 saturated heterocycles. The topological polar surface area (TPSA) is 169 Å². The van der Waals surface area contributed by atoms with Crippen LogP contribution in [0.4, 0.5) is 4.79 Å². The van der Waals surface area contributed by atoms with Crippen molar-refractivity contribution in [2.45, 2.75) is 89.1 Å². The third-order valence-corrected chi connectivity index (χ3v) is 6.88. The maximum absolute atomic E-state index is 13.4. The van der Waals surface area contributed by atoms with Gasteiger partial charge in [0.15, 0.2) is 0 Å². The molecule has 41 heavy (non-hydrogen) atoms. The number of benzene rings is 1. The Morgan fingerprint density at radius 1 is 1.05 bits per heavy atom. The number of hydrogen-bond acceptors (Lipinski definition) is 7. The van der Waals surface area contributed by atoms with E-state index in [0.717, 1.165) is 5.56 Å². The van der Waals surface area contributed by atoms with Gasteiger partial charge in [0, 0.05) is 6.42 Å². The molecular formula is C29H43N5O6S. The molecule has 5 amide bonds. The van der Waals surface area contributed by atoms with Gasteiger partial charge >= 0.3 is 6.09 Å². The molecule has 0 fully saturated rings. The van der Waals surface area contributed by atoms with Crippen molar-refractivity contribution in [2.24, 2.45) is 5.73 Å². The highest BCUT2D eigenvalue weighted by molar-refractivity contribution is 7.98. The molecule has 0 spiro atoms. The van der Waals surface area contributed by atoms with Crippen molar-refractivity contribution in [3.05, 3.63) is 48.0 Å². The number of primary amides is 1. The fourth-order valence-electron chi connectivity index (χ4n) is 4.15. The third kappa shape index (κ3) is 12.7. The number of thioether (sulfide) groups is 1. The summed E-state index contributed by atoms with van der Waals surface area (Å²) in [5.41, 5.74) is 5.51. The molecule has 1 aromatic carbocycles. The molecule has 1 unspecified atom stereocenters. The summed E-state index contributed by atoms with van der Waals surface area (Å²) in [5, 5.41) is 10.8. The molecule has 1 heterocycles. The van der Waals surface area contributed by atoms with Crippen LogP contribution in [0.1, 0.15) is 58.4 Å². The lowest BCUT2D eigenvalue weighted by Gasteiger charge is -2.27. The minimum absolute atomic E-state index is 0.176. The molecule has 0 saturated carbocycles. The number of alkyl carbamates (subject to hydrolysis) is 1. The van der Waals surface area contributed by atoms with E-state index in [4.69, 9.17) is 10.5 Å². The molecule has 226 valence electrons. The van der Waals surface area contributed by atoms with Gasteiger partial charge in [-0.25, -0.2) is 4.79 Å². The number of nitrogens with one attached hydrogen (secondary N) is 4. The highest BCUT2D eigenvalue weighted by atomic mass is 32.2. The van der Waals surface area contributed by atoms with E-state index in [1.54, 1.807) is 20.8 Å². The van der Waals surface area contributed by atoms with Crippen LogP contribution in [0, 0.1) is 0 Å². The Hall–Kier alpha value is -3.54. The van der Waals surface area contributed by atoms with Gasteiger partial charge in [0.2, 0.25) is 23.6 Å². The summed E-state index contributed by atoms with van der Waals surface area (Å²) in [6, 6.07) is 5.40. The van der Waals surface area contributed by atoms with Crippen LogP contribution >= 0.6 is 11.8 Å². The summed E-state index contributed by atoms with van der Waals surface area (Å²) < 4.78 is 5.35. The molecule has 0 aliphatic carbocycles. The van der Waals surface area contributed by atoms with E-state index in [-0.39, 0.29) is 12.8 Å². The Morgan fingerprint density at radius 3 is 2.32 bits per heavy atom. The Labute approximate surface area is 246 Å². The van der Waals surface area contributed by atoms with Crippen LogP contribution in [0.2, 0.25) is 0 Å². The first-order valence-corrected chi connectivity index (χ1v) is 15.2. The van der Waals surface area contributed by atoms with Crippen molar-refractivity contribution >= 4 is 41.5 Å². The summed E-state index contributed by atoms with van der Waals surface area (Å²) in [7, 11) is 0. The van der Waals surface area contributed by atoms with E-state index in [2.05, 4.69) is 21.3 Å². The van der Waals surface area contributed by atoms with E-state index in [1.165, 1.54) is 11.8 Å². The van der Waals surface area contributed by atoms with Gasteiger partial charge in [0.05, 0.1) is 0 Å². The lowest BCUT2D eigenvalue weighted by Crippen LogP contribution is -2.58. The van der Waals surface area contributed by atoms with Gasteiger partial charge in [0.1, 0.15) is 29.8 Å². The van der Waals surface area contributed by atoms with Gasteiger partial charge in [-0.2, -0.15) is 11.8 Å². The number of allylic oxidation sites excluding steroid dienone is 2. The molecule has 4 atom stereocenters. The normalized spacial score (nSPS) is 20.0. The smallest absolute Gasteiger partial charge is 0.408 e. The zero-order chi connectivity index (χ0) is 30.4. The Balaban J connectivity index is 2.18. The maximum atomic E-state index is 13.4. The molecule has 0 radical (unpaired) electrons. The van der Waals surface area contributed by atoms with Crippen molar-refractivity contribution in [3.63, 3.8) is 0 Å². The average Bonchev–Trinajstić information content (AvgIpc) is 2.90. The lowest BCUT2D eigenvalue weighted by molar-refractivity contribution is -0.133. The molecule has 12 heteroatoms. The zero-order valence-electron chi connectivity index (χ0n) is 24.2.